The van der Waals surface area contributed by atoms with Crippen LogP contribution >= 0.6 is 0 Å². The first kappa shape index (κ1) is 14.1. The summed E-state index contributed by atoms with van der Waals surface area (Å²) in [7, 11) is 3.99. The van der Waals surface area contributed by atoms with Gasteiger partial charge in [0.1, 0.15) is 12.1 Å². The molecule has 1 heterocycles. The molecule has 0 saturated heterocycles. The number of rotatable bonds is 5. The first-order valence-electron chi connectivity index (χ1n) is 6.28. The van der Waals surface area contributed by atoms with E-state index >= 15 is 0 Å². The molecule has 0 radical (unpaired) electrons. The van der Waals surface area contributed by atoms with Crippen LogP contribution in [0.5, 0.6) is 0 Å². The lowest BCUT2D eigenvalue weighted by atomic mass is 10.2. The van der Waals surface area contributed by atoms with E-state index in [9.17, 15) is 10.1 Å². The third-order valence-electron chi connectivity index (χ3n) is 3.28. The van der Waals surface area contributed by atoms with E-state index in [2.05, 4.69) is 27.1 Å². The van der Waals surface area contributed by atoms with Crippen LogP contribution in [0.15, 0.2) is 24.5 Å². The van der Waals surface area contributed by atoms with Crippen LogP contribution < -0.4 is 5.32 Å². The van der Waals surface area contributed by atoms with Crippen molar-refractivity contribution in [3.05, 3.63) is 34.6 Å². The minimum atomic E-state index is -0.418. The average Bonchev–Trinajstić information content (AvgIpc) is 2.43. The fourth-order valence-corrected chi connectivity index (χ4v) is 1.73. The van der Waals surface area contributed by atoms with Crippen molar-refractivity contribution < 1.29 is 4.92 Å². The van der Waals surface area contributed by atoms with E-state index in [1.54, 1.807) is 6.07 Å². The zero-order chi connectivity index (χ0) is 14.7. The molecular weight excluding hydrogens is 258 g/mol. The predicted octanol–water partition coefficient (Wildman–Crippen LogP) is 1.90. The molecule has 1 unspecified atom stereocenters. The van der Waals surface area contributed by atoms with Crippen molar-refractivity contribution in [1.29, 1.82) is 0 Å². The molecule has 0 aliphatic heterocycles. The summed E-state index contributed by atoms with van der Waals surface area (Å²) >= 11 is 0. The standard InChI is InChI=1S/C13H17N5O2/c1-9(17(2)3)7-14-13-11-6-10(18(19)20)4-5-12(11)15-8-16-13/h4-6,8-9H,7H2,1-3H3,(H,14,15,16). The number of hydrogen-bond donors (Lipinski definition) is 1. The number of hydrogen-bond acceptors (Lipinski definition) is 6. The van der Waals surface area contributed by atoms with Crippen LogP contribution in [0.4, 0.5) is 11.5 Å². The molecule has 0 amide bonds. The van der Waals surface area contributed by atoms with Crippen molar-refractivity contribution in [3.63, 3.8) is 0 Å². The average molecular weight is 275 g/mol. The Balaban J connectivity index is 2.32. The SMILES string of the molecule is CC(CNc1ncnc2ccc([N+](=O)[O-])cc12)N(C)C. The first-order valence-corrected chi connectivity index (χ1v) is 6.28. The van der Waals surface area contributed by atoms with Gasteiger partial charge in [-0.1, -0.05) is 0 Å². The summed E-state index contributed by atoms with van der Waals surface area (Å²) in [6.07, 6.45) is 1.46. The second kappa shape index (κ2) is 5.79. The molecule has 1 aromatic carbocycles. The maximum absolute atomic E-state index is 10.8. The van der Waals surface area contributed by atoms with Crippen molar-refractivity contribution in [2.45, 2.75) is 13.0 Å². The largest absolute Gasteiger partial charge is 0.368 e. The molecule has 7 heteroatoms. The van der Waals surface area contributed by atoms with Gasteiger partial charge in [0.15, 0.2) is 0 Å². The highest BCUT2D eigenvalue weighted by atomic mass is 16.6. The Morgan fingerprint density at radius 2 is 2.15 bits per heavy atom. The maximum atomic E-state index is 10.8. The summed E-state index contributed by atoms with van der Waals surface area (Å²) in [4.78, 5) is 20.8. The third kappa shape index (κ3) is 3.00. The summed E-state index contributed by atoms with van der Waals surface area (Å²) in [5.41, 5.74) is 0.724. The topological polar surface area (TPSA) is 84.2 Å². The fraction of sp³-hybridized carbons (Fsp3) is 0.385. The zero-order valence-electron chi connectivity index (χ0n) is 11.7. The highest BCUT2D eigenvalue weighted by Gasteiger charge is 2.11. The van der Waals surface area contributed by atoms with E-state index in [1.165, 1.54) is 18.5 Å². The number of anilines is 1. The number of fused-ring (bicyclic) bond motifs is 1. The van der Waals surface area contributed by atoms with Gasteiger partial charge in [-0.3, -0.25) is 10.1 Å². The molecular formula is C13H17N5O2. The summed E-state index contributed by atoms with van der Waals surface area (Å²) in [5.74, 6) is 0.618. The van der Waals surface area contributed by atoms with E-state index in [4.69, 9.17) is 0 Å². The van der Waals surface area contributed by atoms with Crippen LogP contribution in [-0.4, -0.2) is 46.5 Å². The van der Waals surface area contributed by atoms with Crippen molar-refractivity contribution in [1.82, 2.24) is 14.9 Å². The lowest BCUT2D eigenvalue weighted by Gasteiger charge is -2.20. The Hall–Kier alpha value is -2.28. The number of nitrogens with zero attached hydrogens (tertiary/aromatic N) is 4. The van der Waals surface area contributed by atoms with Gasteiger partial charge in [-0.25, -0.2) is 9.97 Å². The monoisotopic (exact) mass is 275 g/mol. The van der Waals surface area contributed by atoms with Crippen molar-refractivity contribution in [3.8, 4) is 0 Å². The fourth-order valence-electron chi connectivity index (χ4n) is 1.73. The number of aromatic nitrogens is 2. The summed E-state index contributed by atoms with van der Waals surface area (Å²) < 4.78 is 0. The van der Waals surface area contributed by atoms with Crippen molar-refractivity contribution in [2.75, 3.05) is 26.0 Å². The van der Waals surface area contributed by atoms with Crippen LogP contribution in [0.1, 0.15) is 6.92 Å². The quantitative estimate of drug-likeness (QED) is 0.662. The first-order chi connectivity index (χ1) is 9.49. The Morgan fingerprint density at radius 1 is 1.40 bits per heavy atom. The second-order valence-electron chi connectivity index (χ2n) is 4.87. The Kier molecular flexibility index (Phi) is 4.09. The smallest absolute Gasteiger partial charge is 0.270 e. The van der Waals surface area contributed by atoms with Gasteiger partial charge in [-0.15, -0.1) is 0 Å². The summed E-state index contributed by atoms with van der Waals surface area (Å²) in [5, 5.41) is 14.7. The lowest BCUT2D eigenvalue weighted by molar-refractivity contribution is -0.384. The van der Waals surface area contributed by atoms with E-state index in [1.807, 2.05) is 14.1 Å². The summed E-state index contributed by atoms with van der Waals surface area (Å²) in [6, 6.07) is 4.90. The number of likely N-dealkylation sites (N-methyl/N-ethyl adjacent to an activating group) is 1. The second-order valence-corrected chi connectivity index (χ2v) is 4.87. The molecule has 20 heavy (non-hydrogen) atoms. The molecule has 1 N–H and O–H groups in total. The maximum Gasteiger partial charge on any atom is 0.270 e. The Labute approximate surface area is 116 Å². The number of nitrogens with one attached hydrogen (secondary N) is 1. The Morgan fingerprint density at radius 3 is 2.80 bits per heavy atom. The highest BCUT2D eigenvalue weighted by Crippen LogP contribution is 2.24. The number of nitro groups is 1. The van der Waals surface area contributed by atoms with E-state index in [0.717, 1.165) is 0 Å². The molecule has 2 aromatic rings. The van der Waals surface area contributed by atoms with Crippen LogP contribution in [0.2, 0.25) is 0 Å². The molecule has 0 aliphatic rings. The van der Waals surface area contributed by atoms with Gasteiger partial charge in [-0.2, -0.15) is 0 Å². The van der Waals surface area contributed by atoms with Gasteiger partial charge in [0, 0.05) is 30.1 Å². The summed E-state index contributed by atoms with van der Waals surface area (Å²) in [6.45, 7) is 2.78. The van der Waals surface area contributed by atoms with Crippen molar-refractivity contribution in [2.24, 2.45) is 0 Å². The zero-order valence-corrected chi connectivity index (χ0v) is 11.7. The molecule has 7 nitrogen and oxygen atoms in total. The molecule has 0 bridgehead atoms. The molecule has 0 aliphatic carbocycles. The number of benzene rings is 1. The normalized spacial score (nSPS) is 12.6. The van der Waals surface area contributed by atoms with Gasteiger partial charge in [0.25, 0.3) is 5.69 Å². The van der Waals surface area contributed by atoms with Gasteiger partial charge >= 0.3 is 0 Å². The van der Waals surface area contributed by atoms with E-state index in [-0.39, 0.29) is 5.69 Å². The lowest BCUT2D eigenvalue weighted by Crippen LogP contribution is -2.31. The minimum Gasteiger partial charge on any atom is -0.368 e. The van der Waals surface area contributed by atoms with Crippen LogP contribution in [0.25, 0.3) is 10.9 Å². The number of non-ortho nitro benzene ring substituents is 1. The Bertz CT molecular complexity index is 629. The van der Waals surface area contributed by atoms with E-state index < -0.39 is 4.92 Å². The molecule has 106 valence electrons. The molecule has 0 fully saturated rings. The van der Waals surface area contributed by atoms with Crippen molar-refractivity contribution >= 4 is 22.4 Å². The molecule has 2 rings (SSSR count). The van der Waals surface area contributed by atoms with Gasteiger partial charge in [-0.05, 0) is 27.1 Å². The van der Waals surface area contributed by atoms with Crippen LogP contribution in [0, 0.1) is 10.1 Å². The molecule has 0 saturated carbocycles. The minimum absolute atomic E-state index is 0.0380. The molecule has 1 atom stereocenters. The van der Waals surface area contributed by atoms with Crippen LogP contribution in [-0.2, 0) is 0 Å². The van der Waals surface area contributed by atoms with Crippen LogP contribution in [0.3, 0.4) is 0 Å². The highest BCUT2D eigenvalue weighted by molar-refractivity contribution is 5.90. The van der Waals surface area contributed by atoms with E-state index in [0.29, 0.717) is 29.3 Å². The predicted molar refractivity (Wildman–Crippen MR) is 77.8 cm³/mol. The molecule has 0 spiro atoms. The number of nitro benzene ring substituents is 1. The van der Waals surface area contributed by atoms with Gasteiger partial charge in [0.2, 0.25) is 0 Å². The molecule has 1 aromatic heterocycles. The van der Waals surface area contributed by atoms with Gasteiger partial charge < -0.3 is 10.2 Å². The van der Waals surface area contributed by atoms with Gasteiger partial charge in [0.05, 0.1) is 10.4 Å². The third-order valence-corrected chi connectivity index (χ3v) is 3.28.